The van der Waals surface area contributed by atoms with Crippen LogP contribution in [0.5, 0.6) is 0 Å². The minimum absolute atomic E-state index is 0.0415. The van der Waals surface area contributed by atoms with Crippen molar-refractivity contribution in [1.82, 2.24) is 9.80 Å². The van der Waals surface area contributed by atoms with Gasteiger partial charge in [-0.1, -0.05) is 26.0 Å². The average molecular weight is 341 g/mol. The number of nitrogens with zero attached hydrogens (tertiary/aromatic N) is 3. The van der Waals surface area contributed by atoms with Crippen LogP contribution in [-0.2, 0) is 11.3 Å². The van der Waals surface area contributed by atoms with Gasteiger partial charge in [-0.3, -0.25) is 9.69 Å². The van der Waals surface area contributed by atoms with Crippen molar-refractivity contribution in [2.24, 2.45) is 5.92 Å². The van der Waals surface area contributed by atoms with Gasteiger partial charge in [-0.2, -0.15) is 18.4 Å². The zero-order chi connectivity index (χ0) is 18.3. The van der Waals surface area contributed by atoms with Gasteiger partial charge in [0, 0.05) is 13.1 Å². The molecular weight excluding hydrogens is 319 g/mol. The summed E-state index contributed by atoms with van der Waals surface area (Å²) in [5.41, 5.74) is 1.42. The van der Waals surface area contributed by atoms with Crippen molar-refractivity contribution in [3.8, 4) is 6.07 Å². The monoisotopic (exact) mass is 341 g/mol. The highest BCUT2D eigenvalue weighted by Gasteiger charge is 2.33. The lowest BCUT2D eigenvalue weighted by Gasteiger charge is -2.28. The number of halogens is 3. The van der Waals surface area contributed by atoms with Crippen molar-refractivity contribution in [2.45, 2.75) is 26.6 Å². The van der Waals surface area contributed by atoms with Crippen LogP contribution < -0.4 is 0 Å². The second-order valence-electron chi connectivity index (χ2n) is 6.26. The van der Waals surface area contributed by atoms with E-state index >= 15 is 0 Å². The van der Waals surface area contributed by atoms with Crippen LogP contribution in [0, 0.1) is 17.2 Å². The predicted molar refractivity (Wildman–Crippen MR) is 85.0 cm³/mol. The lowest BCUT2D eigenvalue weighted by atomic mass is 10.1. The summed E-state index contributed by atoms with van der Waals surface area (Å²) < 4.78 is 37.9. The maximum absolute atomic E-state index is 12.6. The molecule has 0 unspecified atom stereocenters. The smallest absolute Gasteiger partial charge is 0.332 e. The molecule has 0 saturated carbocycles. The highest BCUT2D eigenvalue weighted by Crippen LogP contribution is 2.18. The Morgan fingerprint density at radius 1 is 1.25 bits per heavy atom. The number of hydrogen-bond donors (Lipinski definition) is 0. The van der Waals surface area contributed by atoms with Crippen LogP contribution in [0.3, 0.4) is 0 Å². The van der Waals surface area contributed by atoms with Crippen molar-refractivity contribution in [1.29, 1.82) is 5.26 Å². The van der Waals surface area contributed by atoms with E-state index in [4.69, 9.17) is 5.26 Å². The van der Waals surface area contributed by atoms with Crippen molar-refractivity contribution in [2.75, 3.05) is 26.7 Å². The van der Waals surface area contributed by atoms with E-state index in [-0.39, 0.29) is 19.0 Å². The van der Waals surface area contributed by atoms with Gasteiger partial charge in [-0.15, -0.1) is 0 Å². The number of carbonyl (C=O) groups excluding carboxylic acids is 1. The molecule has 4 nitrogen and oxygen atoms in total. The van der Waals surface area contributed by atoms with Gasteiger partial charge in [0.15, 0.2) is 0 Å². The molecule has 0 N–H and O–H groups in total. The van der Waals surface area contributed by atoms with E-state index in [0.29, 0.717) is 12.1 Å². The van der Waals surface area contributed by atoms with E-state index in [2.05, 4.69) is 0 Å². The van der Waals surface area contributed by atoms with Crippen molar-refractivity contribution >= 4 is 5.91 Å². The first-order valence-electron chi connectivity index (χ1n) is 7.63. The molecule has 0 saturated heterocycles. The number of rotatable bonds is 7. The maximum Gasteiger partial charge on any atom is 0.406 e. The summed E-state index contributed by atoms with van der Waals surface area (Å²) in [6, 6.07) is 8.88. The van der Waals surface area contributed by atoms with E-state index in [1.807, 2.05) is 6.07 Å². The molecule has 1 aromatic rings. The first-order chi connectivity index (χ1) is 11.1. The molecule has 1 amide bonds. The van der Waals surface area contributed by atoms with Crippen LogP contribution in [0.4, 0.5) is 13.2 Å². The minimum Gasteiger partial charge on any atom is -0.332 e. The van der Waals surface area contributed by atoms with Crippen LogP contribution in [0.1, 0.15) is 25.0 Å². The fourth-order valence-electron chi connectivity index (χ4n) is 2.29. The van der Waals surface area contributed by atoms with Crippen LogP contribution in [-0.4, -0.2) is 48.6 Å². The Labute approximate surface area is 140 Å². The van der Waals surface area contributed by atoms with Gasteiger partial charge in [-0.05, 0) is 30.7 Å². The molecule has 0 heterocycles. The van der Waals surface area contributed by atoms with Crippen molar-refractivity contribution in [3.63, 3.8) is 0 Å². The molecule has 0 aliphatic rings. The molecule has 0 bridgehead atoms. The van der Waals surface area contributed by atoms with Gasteiger partial charge in [0.05, 0.1) is 18.2 Å². The second kappa shape index (κ2) is 8.69. The van der Waals surface area contributed by atoms with Gasteiger partial charge in [0.1, 0.15) is 6.54 Å². The van der Waals surface area contributed by atoms with E-state index in [0.717, 1.165) is 10.5 Å². The number of benzene rings is 1. The molecule has 0 aromatic heterocycles. The van der Waals surface area contributed by atoms with E-state index < -0.39 is 18.6 Å². The third kappa shape index (κ3) is 7.47. The van der Waals surface area contributed by atoms with Crippen LogP contribution in [0.25, 0.3) is 0 Å². The minimum atomic E-state index is -4.41. The average Bonchev–Trinajstić information content (AvgIpc) is 2.45. The quantitative estimate of drug-likeness (QED) is 0.766. The number of amides is 1. The molecule has 1 aromatic carbocycles. The third-order valence-corrected chi connectivity index (χ3v) is 3.25. The van der Waals surface area contributed by atoms with Gasteiger partial charge in [-0.25, -0.2) is 0 Å². The zero-order valence-corrected chi connectivity index (χ0v) is 14.1. The topological polar surface area (TPSA) is 47.3 Å². The molecule has 0 aliphatic carbocycles. The highest BCUT2D eigenvalue weighted by atomic mass is 19.4. The standard InChI is InChI=1S/C17H22F3N3O/c1-13(2)9-23(12-17(18,19)20)16(24)11-22(3)10-15-6-4-14(8-21)5-7-15/h4-7,13H,9-12H2,1-3H3. The molecule has 0 fully saturated rings. The van der Waals surface area contributed by atoms with E-state index in [1.54, 1.807) is 50.1 Å². The van der Waals surface area contributed by atoms with Crippen LogP contribution >= 0.6 is 0 Å². The van der Waals surface area contributed by atoms with E-state index in [9.17, 15) is 18.0 Å². The van der Waals surface area contributed by atoms with Gasteiger partial charge in [0.25, 0.3) is 0 Å². The summed E-state index contributed by atoms with van der Waals surface area (Å²) in [6.07, 6.45) is -4.41. The SMILES string of the molecule is CC(C)CN(CC(F)(F)F)C(=O)CN(C)Cc1ccc(C#N)cc1. The second-order valence-corrected chi connectivity index (χ2v) is 6.26. The van der Waals surface area contributed by atoms with Gasteiger partial charge < -0.3 is 4.90 Å². The molecular formula is C17H22F3N3O. The summed E-state index contributed by atoms with van der Waals surface area (Å²) >= 11 is 0. The third-order valence-electron chi connectivity index (χ3n) is 3.25. The Bertz CT molecular complexity index is 576. The lowest BCUT2D eigenvalue weighted by Crippen LogP contribution is -2.45. The predicted octanol–water partition coefficient (Wildman–Crippen LogP) is 3.04. The van der Waals surface area contributed by atoms with Crippen LogP contribution in [0.15, 0.2) is 24.3 Å². The largest absolute Gasteiger partial charge is 0.406 e. The molecule has 132 valence electrons. The maximum atomic E-state index is 12.6. The molecule has 7 heteroatoms. The van der Waals surface area contributed by atoms with E-state index in [1.165, 1.54) is 0 Å². The highest BCUT2D eigenvalue weighted by molar-refractivity contribution is 5.78. The fourth-order valence-corrected chi connectivity index (χ4v) is 2.29. The lowest BCUT2D eigenvalue weighted by molar-refractivity contribution is -0.162. The van der Waals surface area contributed by atoms with Crippen molar-refractivity contribution < 1.29 is 18.0 Å². The molecule has 0 radical (unpaired) electrons. The van der Waals surface area contributed by atoms with Crippen LogP contribution in [0.2, 0.25) is 0 Å². The number of alkyl halides is 3. The normalized spacial score (nSPS) is 11.6. The number of likely N-dealkylation sites (N-methyl/N-ethyl adjacent to an activating group) is 1. The summed E-state index contributed by atoms with van der Waals surface area (Å²) in [6.45, 7) is 2.72. The zero-order valence-electron chi connectivity index (χ0n) is 14.1. The molecule has 0 atom stereocenters. The Balaban J connectivity index is 2.65. The Morgan fingerprint density at radius 3 is 2.29 bits per heavy atom. The Morgan fingerprint density at radius 2 is 1.83 bits per heavy atom. The first kappa shape index (κ1) is 20.0. The number of carbonyl (C=O) groups is 1. The summed E-state index contributed by atoms with van der Waals surface area (Å²) in [5, 5.41) is 8.75. The number of nitriles is 1. The Kier molecular flexibility index (Phi) is 7.23. The summed E-state index contributed by atoms with van der Waals surface area (Å²) in [7, 11) is 1.68. The molecule has 0 spiro atoms. The molecule has 24 heavy (non-hydrogen) atoms. The summed E-state index contributed by atoms with van der Waals surface area (Å²) in [4.78, 5) is 14.7. The molecule has 1 rings (SSSR count). The summed E-state index contributed by atoms with van der Waals surface area (Å²) in [5.74, 6) is -0.586. The van der Waals surface area contributed by atoms with Crippen molar-refractivity contribution in [3.05, 3.63) is 35.4 Å². The Hall–Kier alpha value is -2.07. The fraction of sp³-hybridized carbons (Fsp3) is 0.529. The first-order valence-corrected chi connectivity index (χ1v) is 7.63. The number of hydrogen-bond acceptors (Lipinski definition) is 3. The van der Waals surface area contributed by atoms with Gasteiger partial charge in [0.2, 0.25) is 5.91 Å². The molecule has 0 aliphatic heterocycles. The van der Waals surface area contributed by atoms with Gasteiger partial charge >= 0.3 is 6.18 Å².